The molecular formula is C18H26N2O5. The highest BCUT2D eigenvalue weighted by molar-refractivity contribution is 5.97. The van der Waals surface area contributed by atoms with E-state index in [0.29, 0.717) is 42.6 Å². The number of benzene rings is 1. The van der Waals surface area contributed by atoms with Crippen molar-refractivity contribution in [2.24, 2.45) is 5.92 Å². The molecule has 0 spiro atoms. The summed E-state index contributed by atoms with van der Waals surface area (Å²) in [4.78, 5) is 26.1. The first-order chi connectivity index (χ1) is 12.0. The van der Waals surface area contributed by atoms with Crippen molar-refractivity contribution in [1.29, 1.82) is 0 Å². The van der Waals surface area contributed by atoms with Crippen LogP contribution in [-0.4, -0.2) is 63.3 Å². The van der Waals surface area contributed by atoms with Crippen molar-refractivity contribution < 1.29 is 23.8 Å². The fraction of sp³-hybridized carbons (Fsp3) is 0.556. The molecule has 7 heteroatoms. The van der Waals surface area contributed by atoms with Gasteiger partial charge in [0.05, 0.1) is 25.9 Å². The van der Waals surface area contributed by atoms with Gasteiger partial charge in [-0.1, -0.05) is 19.9 Å². The molecule has 1 atom stereocenters. The van der Waals surface area contributed by atoms with Crippen LogP contribution < -0.4 is 14.8 Å². The van der Waals surface area contributed by atoms with E-state index in [0.717, 1.165) is 0 Å². The lowest BCUT2D eigenvalue weighted by Crippen LogP contribution is -2.51. The Kier molecular flexibility index (Phi) is 6.64. The highest BCUT2D eigenvalue weighted by atomic mass is 16.5. The van der Waals surface area contributed by atoms with Gasteiger partial charge < -0.3 is 24.4 Å². The number of methoxy groups -OCH3 is 2. The number of ether oxygens (including phenoxy) is 3. The molecule has 1 aromatic carbocycles. The molecule has 1 N–H and O–H groups in total. The SMILES string of the molecule is COc1cccc(C(=O)NCC2CN(CC(C)C)C(=O)CO2)c1OC. The van der Waals surface area contributed by atoms with Crippen molar-refractivity contribution in [3.63, 3.8) is 0 Å². The minimum absolute atomic E-state index is 0.00857. The fourth-order valence-electron chi connectivity index (χ4n) is 2.79. The van der Waals surface area contributed by atoms with Gasteiger partial charge in [-0.05, 0) is 18.1 Å². The second kappa shape index (κ2) is 8.71. The van der Waals surface area contributed by atoms with E-state index in [1.807, 2.05) is 0 Å². The Morgan fingerprint density at radius 3 is 2.76 bits per heavy atom. The van der Waals surface area contributed by atoms with E-state index in [1.165, 1.54) is 14.2 Å². The molecule has 138 valence electrons. The van der Waals surface area contributed by atoms with Gasteiger partial charge in [-0.15, -0.1) is 0 Å². The minimum Gasteiger partial charge on any atom is -0.493 e. The number of para-hydroxylation sites is 1. The number of rotatable bonds is 7. The Hall–Kier alpha value is -2.28. The summed E-state index contributed by atoms with van der Waals surface area (Å²) in [6.45, 7) is 5.67. The predicted octanol–water partition coefficient (Wildman–Crippen LogP) is 1.32. The van der Waals surface area contributed by atoms with Gasteiger partial charge in [-0.25, -0.2) is 0 Å². The van der Waals surface area contributed by atoms with Gasteiger partial charge >= 0.3 is 0 Å². The number of carbonyl (C=O) groups is 2. The molecule has 2 amide bonds. The highest BCUT2D eigenvalue weighted by Crippen LogP contribution is 2.30. The summed E-state index contributed by atoms with van der Waals surface area (Å²) in [5.74, 6) is 0.997. The lowest BCUT2D eigenvalue weighted by Gasteiger charge is -2.33. The fourth-order valence-corrected chi connectivity index (χ4v) is 2.79. The molecular weight excluding hydrogens is 324 g/mol. The first kappa shape index (κ1) is 19.1. The third-order valence-corrected chi connectivity index (χ3v) is 3.94. The maximum absolute atomic E-state index is 12.5. The smallest absolute Gasteiger partial charge is 0.255 e. The van der Waals surface area contributed by atoms with E-state index in [9.17, 15) is 9.59 Å². The average molecular weight is 350 g/mol. The van der Waals surface area contributed by atoms with Crippen LogP contribution in [0.15, 0.2) is 18.2 Å². The molecule has 25 heavy (non-hydrogen) atoms. The Balaban J connectivity index is 1.97. The first-order valence-corrected chi connectivity index (χ1v) is 8.34. The summed E-state index contributed by atoms with van der Waals surface area (Å²) >= 11 is 0. The number of nitrogens with one attached hydrogen (secondary N) is 1. The van der Waals surface area contributed by atoms with Gasteiger partial charge in [0.25, 0.3) is 5.91 Å². The van der Waals surface area contributed by atoms with Crippen molar-refractivity contribution in [1.82, 2.24) is 10.2 Å². The number of amides is 2. The van der Waals surface area contributed by atoms with Gasteiger partial charge in [0, 0.05) is 19.6 Å². The van der Waals surface area contributed by atoms with E-state index in [4.69, 9.17) is 14.2 Å². The van der Waals surface area contributed by atoms with Crippen LogP contribution in [0.5, 0.6) is 11.5 Å². The second-order valence-electron chi connectivity index (χ2n) is 6.38. The number of nitrogens with zero attached hydrogens (tertiary/aromatic N) is 1. The standard InChI is InChI=1S/C18H26N2O5/c1-12(2)9-20-10-13(25-11-16(20)21)8-19-18(22)14-6-5-7-15(23-3)17(14)24-4/h5-7,12-13H,8-11H2,1-4H3,(H,19,22). The van der Waals surface area contributed by atoms with Crippen LogP contribution in [0.1, 0.15) is 24.2 Å². The van der Waals surface area contributed by atoms with Crippen LogP contribution in [0.25, 0.3) is 0 Å². The Bertz CT molecular complexity index is 617. The van der Waals surface area contributed by atoms with Crippen LogP contribution in [-0.2, 0) is 9.53 Å². The van der Waals surface area contributed by atoms with E-state index >= 15 is 0 Å². The van der Waals surface area contributed by atoms with E-state index < -0.39 is 0 Å². The number of hydrogen-bond donors (Lipinski definition) is 1. The largest absolute Gasteiger partial charge is 0.493 e. The third kappa shape index (κ3) is 4.85. The zero-order chi connectivity index (χ0) is 18.4. The van der Waals surface area contributed by atoms with Gasteiger partial charge in [0.2, 0.25) is 5.91 Å². The average Bonchev–Trinajstić information content (AvgIpc) is 2.60. The highest BCUT2D eigenvalue weighted by Gasteiger charge is 2.27. The zero-order valence-electron chi connectivity index (χ0n) is 15.2. The zero-order valence-corrected chi connectivity index (χ0v) is 15.2. The normalized spacial score (nSPS) is 17.6. The molecule has 1 saturated heterocycles. The molecule has 1 aromatic rings. The summed E-state index contributed by atoms with van der Waals surface area (Å²) in [6.07, 6.45) is -0.225. The summed E-state index contributed by atoms with van der Waals surface area (Å²) in [7, 11) is 3.02. The molecule has 1 aliphatic heterocycles. The lowest BCUT2D eigenvalue weighted by atomic mass is 10.1. The number of carbonyl (C=O) groups excluding carboxylic acids is 2. The minimum atomic E-state index is -0.272. The first-order valence-electron chi connectivity index (χ1n) is 8.34. The molecule has 0 bridgehead atoms. The lowest BCUT2D eigenvalue weighted by molar-refractivity contribution is -0.149. The molecule has 1 aliphatic rings. The van der Waals surface area contributed by atoms with Crippen molar-refractivity contribution in [3.05, 3.63) is 23.8 Å². The van der Waals surface area contributed by atoms with Gasteiger partial charge in [-0.2, -0.15) is 0 Å². The monoisotopic (exact) mass is 350 g/mol. The quantitative estimate of drug-likeness (QED) is 0.802. The van der Waals surface area contributed by atoms with Crippen LogP contribution in [0.2, 0.25) is 0 Å². The summed E-state index contributed by atoms with van der Waals surface area (Å²) in [5.41, 5.74) is 0.396. The van der Waals surface area contributed by atoms with Crippen molar-refractivity contribution in [2.75, 3.05) is 40.5 Å². The summed E-state index contributed by atoms with van der Waals surface area (Å²) < 4.78 is 16.0. The van der Waals surface area contributed by atoms with E-state index in [2.05, 4.69) is 19.2 Å². The molecule has 1 unspecified atom stereocenters. The van der Waals surface area contributed by atoms with Crippen LogP contribution in [0.3, 0.4) is 0 Å². The van der Waals surface area contributed by atoms with Crippen molar-refractivity contribution in [3.8, 4) is 11.5 Å². The topological polar surface area (TPSA) is 77.1 Å². The molecule has 0 saturated carbocycles. The molecule has 0 aromatic heterocycles. The molecule has 1 fully saturated rings. The molecule has 0 aliphatic carbocycles. The maximum atomic E-state index is 12.5. The van der Waals surface area contributed by atoms with Crippen LogP contribution in [0.4, 0.5) is 0 Å². The number of morpholine rings is 1. The van der Waals surface area contributed by atoms with Gasteiger partial charge in [0.1, 0.15) is 6.61 Å². The van der Waals surface area contributed by atoms with E-state index in [-0.39, 0.29) is 24.5 Å². The Labute approximate surface area is 148 Å². The van der Waals surface area contributed by atoms with Crippen molar-refractivity contribution in [2.45, 2.75) is 20.0 Å². The van der Waals surface area contributed by atoms with Crippen LogP contribution in [0, 0.1) is 5.92 Å². The molecule has 0 radical (unpaired) electrons. The maximum Gasteiger partial charge on any atom is 0.255 e. The third-order valence-electron chi connectivity index (χ3n) is 3.94. The van der Waals surface area contributed by atoms with E-state index in [1.54, 1.807) is 23.1 Å². The van der Waals surface area contributed by atoms with Crippen LogP contribution >= 0.6 is 0 Å². The second-order valence-corrected chi connectivity index (χ2v) is 6.38. The molecule has 1 heterocycles. The predicted molar refractivity (Wildman–Crippen MR) is 93.0 cm³/mol. The summed E-state index contributed by atoms with van der Waals surface area (Å²) in [6, 6.07) is 5.14. The molecule has 7 nitrogen and oxygen atoms in total. The summed E-state index contributed by atoms with van der Waals surface area (Å²) in [5, 5.41) is 2.85. The Morgan fingerprint density at radius 2 is 2.12 bits per heavy atom. The van der Waals surface area contributed by atoms with Gasteiger partial charge in [0.15, 0.2) is 11.5 Å². The number of hydrogen-bond acceptors (Lipinski definition) is 5. The van der Waals surface area contributed by atoms with Gasteiger partial charge in [-0.3, -0.25) is 9.59 Å². The molecule has 2 rings (SSSR count). The van der Waals surface area contributed by atoms with Crippen molar-refractivity contribution >= 4 is 11.8 Å². The Morgan fingerprint density at radius 1 is 1.36 bits per heavy atom.